The quantitative estimate of drug-likeness (QED) is 0.417. The Hall–Kier alpha value is -2.09. The largest absolute Gasteiger partial charge is 0.476 e. The summed E-state index contributed by atoms with van der Waals surface area (Å²) in [6.45, 7) is 3.84. The van der Waals surface area contributed by atoms with E-state index in [9.17, 15) is 14.3 Å². The SMILES string of the molecule is CC(C)n1cc(C(=O)O)nc1Nc1cc(-c2ccc(F)c(Cl)c2)c(Cl)cc1Br. The first-order chi connectivity index (χ1) is 13.2. The van der Waals surface area contributed by atoms with Gasteiger partial charge in [-0.3, -0.25) is 0 Å². The summed E-state index contributed by atoms with van der Waals surface area (Å²) in [7, 11) is 0. The van der Waals surface area contributed by atoms with E-state index >= 15 is 0 Å². The highest BCUT2D eigenvalue weighted by Crippen LogP contribution is 2.38. The molecule has 0 fully saturated rings. The maximum atomic E-state index is 13.5. The van der Waals surface area contributed by atoms with Crippen molar-refractivity contribution in [2.24, 2.45) is 0 Å². The molecule has 0 radical (unpaired) electrons. The Bertz CT molecular complexity index is 1070. The first-order valence-electron chi connectivity index (χ1n) is 8.21. The lowest BCUT2D eigenvalue weighted by Gasteiger charge is -2.15. The molecule has 0 bridgehead atoms. The summed E-state index contributed by atoms with van der Waals surface area (Å²) in [5, 5.41) is 12.8. The van der Waals surface area contributed by atoms with Crippen molar-refractivity contribution >= 4 is 56.7 Å². The molecule has 2 N–H and O–H groups in total. The Balaban J connectivity index is 2.06. The van der Waals surface area contributed by atoms with E-state index in [1.807, 2.05) is 13.8 Å². The van der Waals surface area contributed by atoms with E-state index in [-0.39, 0.29) is 16.8 Å². The van der Waals surface area contributed by atoms with Crippen LogP contribution in [0.15, 0.2) is 41.0 Å². The lowest BCUT2D eigenvalue weighted by Crippen LogP contribution is -2.05. The predicted molar refractivity (Wildman–Crippen MR) is 112 cm³/mol. The molecular formula is C19H15BrCl2FN3O2. The Kier molecular flexibility index (Phi) is 5.98. The highest BCUT2D eigenvalue weighted by Gasteiger charge is 2.17. The van der Waals surface area contributed by atoms with Gasteiger partial charge in [-0.2, -0.15) is 0 Å². The molecular weight excluding hydrogens is 472 g/mol. The van der Waals surface area contributed by atoms with Crippen LogP contribution in [0.5, 0.6) is 0 Å². The van der Waals surface area contributed by atoms with Crippen LogP contribution in [0.2, 0.25) is 10.0 Å². The molecule has 3 rings (SSSR count). The Morgan fingerprint density at radius 2 is 1.96 bits per heavy atom. The number of hydrogen-bond donors (Lipinski definition) is 2. The Labute approximate surface area is 179 Å². The lowest BCUT2D eigenvalue weighted by molar-refractivity contribution is 0.0691. The summed E-state index contributed by atoms with van der Waals surface area (Å²) in [5.41, 5.74) is 1.83. The zero-order valence-corrected chi connectivity index (χ0v) is 17.9. The van der Waals surface area contributed by atoms with Gasteiger partial charge in [0.2, 0.25) is 5.95 Å². The van der Waals surface area contributed by atoms with Gasteiger partial charge in [-0.15, -0.1) is 0 Å². The standard InChI is InChI=1S/C19H15BrCl2FN3O2/c1-9(2)26-8-17(18(27)28)25-19(26)24-16-6-11(13(21)7-12(16)20)10-3-4-15(23)14(22)5-10/h3-9H,1-2H3,(H,24,25)(H,27,28). The molecule has 9 heteroatoms. The number of carboxylic acid groups (broad SMARTS) is 1. The first-order valence-corrected chi connectivity index (χ1v) is 9.76. The zero-order valence-electron chi connectivity index (χ0n) is 14.8. The van der Waals surface area contributed by atoms with Gasteiger partial charge < -0.3 is 15.0 Å². The van der Waals surface area contributed by atoms with Crippen molar-refractivity contribution in [1.29, 1.82) is 0 Å². The van der Waals surface area contributed by atoms with E-state index in [1.54, 1.807) is 22.8 Å². The van der Waals surface area contributed by atoms with Gasteiger partial charge in [-0.1, -0.05) is 29.3 Å². The number of aromatic nitrogens is 2. The third kappa shape index (κ3) is 4.16. The van der Waals surface area contributed by atoms with Crippen molar-refractivity contribution in [3.63, 3.8) is 0 Å². The van der Waals surface area contributed by atoms with Crippen LogP contribution in [0.25, 0.3) is 11.1 Å². The third-order valence-electron chi connectivity index (χ3n) is 4.04. The number of carboxylic acids is 1. The molecule has 146 valence electrons. The summed E-state index contributed by atoms with van der Waals surface area (Å²) in [5.74, 6) is -1.25. The van der Waals surface area contributed by atoms with Gasteiger partial charge in [-0.05, 0) is 59.6 Å². The molecule has 28 heavy (non-hydrogen) atoms. The smallest absolute Gasteiger partial charge is 0.356 e. The minimum Gasteiger partial charge on any atom is -0.476 e. The van der Waals surface area contributed by atoms with Gasteiger partial charge >= 0.3 is 5.97 Å². The van der Waals surface area contributed by atoms with Gasteiger partial charge in [0, 0.05) is 27.3 Å². The molecule has 1 heterocycles. The van der Waals surface area contributed by atoms with E-state index < -0.39 is 11.8 Å². The summed E-state index contributed by atoms with van der Waals surface area (Å²) < 4.78 is 15.9. The van der Waals surface area contributed by atoms with Gasteiger partial charge in [0.15, 0.2) is 5.69 Å². The molecule has 0 aliphatic rings. The number of halogens is 4. The van der Waals surface area contributed by atoms with Crippen molar-refractivity contribution in [1.82, 2.24) is 9.55 Å². The number of aromatic carboxylic acids is 1. The summed E-state index contributed by atoms with van der Waals surface area (Å²) in [4.78, 5) is 15.4. The summed E-state index contributed by atoms with van der Waals surface area (Å²) in [6.07, 6.45) is 1.47. The molecule has 0 aliphatic carbocycles. The number of rotatable bonds is 5. The fourth-order valence-electron chi connectivity index (χ4n) is 2.63. The van der Waals surface area contributed by atoms with Crippen molar-refractivity contribution in [2.45, 2.75) is 19.9 Å². The van der Waals surface area contributed by atoms with Crippen LogP contribution in [-0.2, 0) is 0 Å². The maximum Gasteiger partial charge on any atom is 0.356 e. The average molecular weight is 487 g/mol. The van der Waals surface area contributed by atoms with Crippen LogP contribution in [0.4, 0.5) is 16.0 Å². The molecule has 5 nitrogen and oxygen atoms in total. The topological polar surface area (TPSA) is 67.2 Å². The molecule has 3 aromatic rings. The molecule has 0 saturated heterocycles. The normalized spacial score (nSPS) is 11.1. The summed E-state index contributed by atoms with van der Waals surface area (Å²) >= 11 is 15.7. The molecule has 0 atom stereocenters. The van der Waals surface area contributed by atoms with Crippen molar-refractivity contribution in [3.05, 3.63) is 62.6 Å². The van der Waals surface area contributed by atoms with Crippen LogP contribution in [0, 0.1) is 5.82 Å². The molecule has 0 spiro atoms. The number of anilines is 2. The number of nitrogens with one attached hydrogen (secondary N) is 1. The van der Waals surface area contributed by atoms with E-state index in [1.165, 1.54) is 18.3 Å². The van der Waals surface area contributed by atoms with Gasteiger partial charge in [-0.25, -0.2) is 14.2 Å². The average Bonchev–Trinajstić information content (AvgIpc) is 3.04. The minimum absolute atomic E-state index is 0.00699. The van der Waals surface area contributed by atoms with Crippen LogP contribution >= 0.6 is 39.1 Å². The molecule has 1 aromatic heterocycles. The van der Waals surface area contributed by atoms with Gasteiger partial charge in [0.05, 0.1) is 10.7 Å². The second kappa shape index (κ2) is 8.11. The van der Waals surface area contributed by atoms with Crippen molar-refractivity contribution in [3.8, 4) is 11.1 Å². The van der Waals surface area contributed by atoms with Gasteiger partial charge in [0.25, 0.3) is 0 Å². The van der Waals surface area contributed by atoms with Crippen LogP contribution in [-0.4, -0.2) is 20.6 Å². The summed E-state index contributed by atoms with van der Waals surface area (Å²) in [6, 6.07) is 7.79. The monoisotopic (exact) mass is 485 g/mol. The number of carbonyl (C=O) groups is 1. The molecule has 0 saturated carbocycles. The lowest BCUT2D eigenvalue weighted by atomic mass is 10.0. The maximum absolute atomic E-state index is 13.5. The van der Waals surface area contributed by atoms with Crippen molar-refractivity contribution < 1.29 is 14.3 Å². The van der Waals surface area contributed by atoms with Gasteiger partial charge in [0.1, 0.15) is 5.82 Å². The molecule has 0 amide bonds. The number of nitrogens with zero attached hydrogens (tertiary/aromatic N) is 2. The first kappa shape index (κ1) is 20.6. The molecule has 2 aromatic carbocycles. The molecule has 0 aliphatic heterocycles. The van der Waals surface area contributed by atoms with Crippen LogP contribution in [0.3, 0.4) is 0 Å². The molecule has 0 unspecified atom stereocenters. The predicted octanol–water partition coefficient (Wildman–Crippen LogP) is 6.78. The second-order valence-electron chi connectivity index (χ2n) is 6.32. The van der Waals surface area contributed by atoms with Crippen LogP contribution in [0.1, 0.15) is 30.4 Å². The highest BCUT2D eigenvalue weighted by atomic mass is 79.9. The fraction of sp³-hybridized carbons (Fsp3) is 0.158. The van der Waals surface area contributed by atoms with E-state index in [0.29, 0.717) is 32.3 Å². The van der Waals surface area contributed by atoms with E-state index in [4.69, 9.17) is 23.2 Å². The Morgan fingerprint density at radius 3 is 2.57 bits per heavy atom. The number of benzene rings is 2. The number of hydrogen-bond acceptors (Lipinski definition) is 3. The number of imidazole rings is 1. The van der Waals surface area contributed by atoms with E-state index in [2.05, 4.69) is 26.2 Å². The second-order valence-corrected chi connectivity index (χ2v) is 7.99. The minimum atomic E-state index is -1.11. The van der Waals surface area contributed by atoms with E-state index in [0.717, 1.165) is 0 Å². The van der Waals surface area contributed by atoms with Crippen LogP contribution < -0.4 is 5.32 Å². The Morgan fingerprint density at radius 1 is 1.25 bits per heavy atom. The zero-order chi connectivity index (χ0) is 20.6. The van der Waals surface area contributed by atoms with Crippen molar-refractivity contribution in [2.75, 3.05) is 5.32 Å². The fourth-order valence-corrected chi connectivity index (χ4v) is 3.66. The third-order valence-corrected chi connectivity index (χ3v) is 5.30. The highest BCUT2D eigenvalue weighted by molar-refractivity contribution is 9.10.